The number of β-lactam (4-membered cyclic amide) rings is 1. The molecule has 1 aromatic rings. The Bertz CT molecular complexity index is 656. The van der Waals surface area contributed by atoms with Gasteiger partial charge in [-0.05, 0) is 17.7 Å². The Morgan fingerprint density at radius 1 is 1.45 bits per heavy atom. The van der Waals surface area contributed by atoms with E-state index >= 15 is 0 Å². The molecule has 116 valence electrons. The maximum Gasteiger partial charge on any atom is 0.327 e. The van der Waals surface area contributed by atoms with Crippen molar-refractivity contribution in [1.82, 2.24) is 4.90 Å². The molecule has 1 aliphatic rings. The Morgan fingerprint density at radius 2 is 2.18 bits per heavy atom. The number of hydrogen-bond donors (Lipinski definition) is 1. The average molecular weight is 306 g/mol. The summed E-state index contributed by atoms with van der Waals surface area (Å²) >= 11 is 0. The average Bonchev–Trinajstić information content (AvgIpc) is 2.52. The van der Waals surface area contributed by atoms with Crippen LogP contribution in [0.5, 0.6) is 11.5 Å². The van der Waals surface area contributed by atoms with Crippen LogP contribution in [0.2, 0.25) is 0 Å². The molecule has 1 heterocycles. The van der Waals surface area contributed by atoms with Gasteiger partial charge in [-0.2, -0.15) is 0 Å². The minimum Gasteiger partial charge on any atom is -0.497 e. The van der Waals surface area contributed by atoms with E-state index in [1.165, 1.54) is 14.2 Å². The van der Waals surface area contributed by atoms with Crippen molar-refractivity contribution in [3.8, 4) is 11.5 Å². The van der Waals surface area contributed by atoms with Crippen LogP contribution >= 0.6 is 0 Å². The van der Waals surface area contributed by atoms with Crippen LogP contribution in [0.1, 0.15) is 5.56 Å². The number of methoxy groups -OCH3 is 2. The molecular weight excluding hydrogens is 292 g/mol. The van der Waals surface area contributed by atoms with Gasteiger partial charge < -0.3 is 19.5 Å². The first-order chi connectivity index (χ1) is 10.5. The summed E-state index contributed by atoms with van der Waals surface area (Å²) < 4.78 is 10.3. The van der Waals surface area contributed by atoms with Crippen LogP contribution in [-0.4, -0.2) is 48.2 Å². The van der Waals surface area contributed by atoms with Crippen molar-refractivity contribution in [1.29, 1.82) is 0 Å². The van der Waals surface area contributed by atoms with Crippen LogP contribution in [0.4, 0.5) is 0 Å². The predicted molar refractivity (Wildman–Crippen MR) is 74.5 cm³/mol. The topological polar surface area (TPSA) is 125 Å². The van der Waals surface area contributed by atoms with Crippen molar-refractivity contribution in [2.45, 2.75) is 18.6 Å². The Morgan fingerprint density at radius 3 is 2.73 bits per heavy atom. The Hall–Kier alpha value is -2.93. The number of amides is 1. The van der Waals surface area contributed by atoms with Gasteiger partial charge in [0.2, 0.25) is 5.91 Å². The van der Waals surface area contributed by atoms with E-state index in [0.29, 0.717) is 17.1 Å². The summed E-state index contributed by atoms with van der Waals surface area (Å²) in [5.74, 6) is -0.687. The lowest BCUT2D eigenvalue weighted by molar-refractivity contribution is -0.165. The highest BCUT2D eigenvalue weighted by Gasteiger charge is 2.51. The number of carbonyl (C=O) groups excluding carboxylic acids is 1. The molecule has 9 heteroatoms. The molecule has 22 heavy (non-hydrogen) atoms. The number of hydrogen-bond acceptors (Lipinski definition) is 5. The molecule has 0 aliphatic carbocycles. The molecular formula is C13H14N4O5. The van der Waals surface area contributed by atoms with Gasteiger partial charge in [0.05, 0.1) is 20.8 Å². The summed E-state index contributed by atoms with van der Waals surface area (Å²) in [5.41, 5.74) is 9.02. The Labute approximate surface area is 125 Å². The smallest absolute Gasteiger partial charge is 0.327 e. The van der Waals surface area contributed by atoms with Gasteiger partial charge in [0.15, 0.2) is 0 Å². The molecule has 0 unspecified atom stereocenters. The van der Waals surface area contributed by atoms with Gasteiger partial charge in [-0.25, -0.2) is 4.79 Å². The molecule has 1 aromatic carbocycles. The zero-order valence-electron chi connectivity index (χ0n) is 12.0. The molecule has 0 radical (unpaired) electrons. The van der Waals surface area contributed by atoms with Gasteiger partial charge in [-0.3, -0.25) is 4.79 Å². The van der Waals surface area contributed by atoms with Gasteiger partial charge >= 0.3 is 5.97 Å². The van der Waals surface area contributed by atoms with Crippen molar-refractivity contribution < 1.29 is 24.2 Å². The summed E-state index contributed by atoms with van der Waals surface area (Å²) in [6, 6.07) is 2.63. The molecule has 1 N–H and O–H groups in total. The second-order valence-electron chi connectivity index (χ2n) is 4.58. The highest BCUT2D eigenvalue weighted by Crippen LogP contribution is 2.31. The van der Waals surface area contributed by atoms with E-state index in [1.54, 1.807) is 18.2 Å². The van der Waals surface area contributed by atoms with E-state index in [2.05, 4.69) is 10.0 Å². The van der Waals surface area contributed by atoms with Crippen LogP contribution in [0.3, 0.4) is 0 Å². The van der Waals surface area contributed by atoms with E-state index in [0.717, 1.165) is 4.90 Å². The standard InChI is InChI=1S/C13H14N4O5/c1-21-8-4-3-7(9(5-8)22-2)6-17-11(13(19)20)10(12(17)18)15-16-14/h3-5,10-11H,6H2,1-2H3,(H,19,20)/t10-,11-/m1/s1. The lowest BCUT2D eigenvalue weighted by atomic mass is 9.94. The highest BCUT2D eigenvalue weighted by atomic mass is 16.5. The van der Waals surface area contributed by atoms with Crippen LogP contribution < -0.4 is 9.47 Å². The number of carboxylic acids is 1. The Balaban J connectivity index is 2.25. The van der Waals surface area contributed by atoms with E-state index in [9.17, 15) is 14.7 Å². The molecule has 0 spiro atoms. The minimum absolute atomic E-state index is 0.0421. The molecule has 2 atom stereocenters. The third-order valence-corrected chi connectivity index (χ3v) is 3.43. The summed E-state index contributed by atoms with van der Waals surface area (Å²) in [7, 11) is 2.98. The predicted octanol–water partition coefficient (Wildman–Crippen LogP) is 1.18. The largest absolute Gasteiger partial charge is 0.497 e. The number of rotatable bonds is 6. The number of ether oxygens (including phenoxy) is 2. The molecule has 1 aliphatic heterocycles. The fourth-order valence-corrected chi connectivity index (χ4v) is 2.31. The van der Waals surface area contributed by atoms with E-state index in [1.807, 2.05) is 0 Å². The molecule has 1 saturated heterocycles. The van der Waals surface area contributed by atoms with Gasteiger partial charge in [0, 0.05) is 16.5 Å². The summed E-state index contributed by atoms with van der Waals surface area (Å²) in [6.45, 7) is 0.0421. The minimum atomic E-state index is -1.22. The van der Waals surface area contributed by atoms with Gasteiger partial charge in [-0.1, -0.05) is 5.11 Å². The van der Waals surface area contributed by atoms with Crippen molar-refractivity contribution in [2.75, 3.05) is 14.2 Å². The van der Waals surface area contributed by atoms with E-state index in [4.69, 9.17) is 15.0 Å². The number of azide groups is 1. The quantitative estimate of drug-likeness (QED) is 0.365. The summed E-state index contributed by atoms with van der Waals surface area (Å²) in [5, 5.41) is 12.4. The SMILES string of the molecule is COc1ccc(CN2C(=O)[C@H](N=[N+]=[N-])[C@@H]2C(=O)O)c(OC)c1. The first-order valence-electron chi connectivity index (χ1n) is 6.32. The van der Waals surface area contributed by atoms with Gasteiger partial charge in [0.1, 0.15) is 23.6 Å². The Kier molecular flexibility index (Phi) is 4.38. The van der Waals surface area contributed by atoms with Gasteiger partial charge in [0.25, 0.3) is 0 Å². The lowest BCUT2D eigenvalue weighted by Gasteiger charge is -2.42. The molecule has 1 amide bonds. The fraction of sp³-hybridized carbons (Fsp3) is 0.385. The first kappa shape index (κ1) is 15.5. The van der Waals surface area contributed by atoms with Crippen LogP contribution in [0.15, 0.2) is 23.3 Å². The van der Waals surface area contributed by atoms with Crippen LogP contribution in [-0.2, 0) is 16.1 Å². The monoisotopic (exact) mass is 306 g/mol. The molecule has 9 nitrogen and oxygen atoms in total. The van der Waals surface area contributed by atoms with Crippen molar-refractivity contribution in [2.24, 2.45) is 5.11 Å². The number of nitrogens with zero attached hydrogens (tertiary/aromatic N) is 4. The maximum absolute atomic E-state index is 11.9. The van der Waals surface area contributed by atoms with Gasteiger partial charge in [-0.15, -0.1) is 0 Å². The van der Waals surface area contributed by atoms with E-state index in [-0.39, 0.29) is 6.54 Å². The number of likely N-dealkylation sites (tertiary alicyclic amines) is 1. The molecule has 0 saturated carbocycles. The lowest BCUT2D eigenvalue weighted by Crippen LogP contribution is -2.66. The van der Waals surface area contributed by atoms with Crippen molar-refractivity contribution in [3.63, 3.8) is 0 Å². The third kappa shape index (κ3) is 2.61. The number of benzene rings is 1. The zero-order valence-corrected chi connectivity index (χ0v) is 12.0. The third-order valence-electron chi connectivity index (χ3n) is 3.43. The fourth-order valence-electron chi connectivity index (χ4n) is 2.31. The molecule has 1 fully saturated rings. The van der Waals surface area contributed by atoms with Crippen LogP contribution in [0, 0.1) is 0 Å². The highest BCUT2D eigenvalue weighted by molar-refractivity contribution is 5.99. The van der Waals surface area contributed by atoms with Crippen molar-refractivity contribution >= 4 is 11.9 Å². The molecule has 0 aromatic heterocycles. The summed E-state index contributed by atoms with van der Waals surface area (Å²) in [4.78, 5) is 26.8. The second-order valence-corrected chi connectivity index (χ2v) is 4.58. The second kappa shape index (κ2) is 6.23. The van der Waals surface area contributed by atoms with Crippen molar-refractivity contribution in [3.05, 3.63) is 34.2 Å². The van der Waals surface area contributed by atoms with Crippen LogP contribution in [0.25, 0.3) is 10.4 Å². The zero-order chi connectivity index (χ0) is 16.3. The first-order valence-corrected chi connectivity index (χ1v) is 6.32. The summed E-state index contributed by atoms with van der Waals surface area (Å²) in [6.07, 6.45) is 0. The molecule has 2 rings (SSSR count). The molecule has 0 bridgehead atoms. The maximum atomic E-state index is 11.9. The number of carboxylic acid groups (broad SMARTS) is 1. The number of aliphatic carboxylic acids is 1. The normalized spacial score (nSPS) is 19.9. The van der Waals surface area contributed by atoms with E-state index < -0.39 is 24.0 Å². The number of carbonyl (C=O) groups is 2.